The summed E-state index contributed by atoms with van der Waals surface area (Å²) in [5, 5.41) is 2.70. The summed E-state index contributed by atoms with van der Waals surface area (Å²) in [6, 6.07) is 16.5. The molecular weight excluding hydrogens is 300 g/mol. The van der Waals surface area contributed by atoms with Crippen molar-refractivity contribution in [1.82, 2.24) is 5.32 Å². The van der Waals surface area contributed by atoms with Crippen molar-refractivity contribution in [2.45, 2.75) is 25.3 Å². The van der Waals surface area contributed by atoms with Gasteiger partial charge in [0.25, 0.3) is 5.91 Å². The predicted octanol–water partition coefficient (Wildman–Crippen LogP) is 3.29. The summed E-state index contributed by atoms with van der Waals surface area (Å²) in [7, 11) is 0. The Morgan fingerprint density at radius 2 is 1.67 bits per heavy atom. The molecule has 0 unspecified atom stereocenters. The van der Waals surface area contributed by atoms with Crippen LogP contribution in [0.4, 0.5) is 0 Å². The Bertz CT molecular complexity index is 693. The summed E-state index contributed by atoms with van der Waals surface area (Å²) < 4.78 is 0. The van der Waals surface area contributed by atoms with Crippen molar-refractivity contribution >= 4 is 11.8 Å². The van der Waals surface area contributed by atoms with Gasteiger partial charge in [0.05, 0.1) is 0 Å². The molecule has 2 amide bonds. The number of allylic oxidation sites excluding steroid dienone is 1. The van der Waals surface area contributed by atoms with Crippen molar-refractivity contribution < 1.29 is 9.59 Å². The van der Waals surface area contributed by atoms with Crippen molar-refractivity contribution in [3.05, 3.63) is 72.8 Å². The molecule has 0 saturated heterocycles. The normalized spacial score (nSPS) is 11.5. The Balaban J connectivity index is 2.03. The van der Waals surface area contributed by atoms with Gasteiger partial charge in [-0.3, -0.25) is 9.59 Å². The molecular formula is C20H22N2O2. The van der Waals surface area contributed by atoms with E-state index >= 15 is 0 Å². The minimum atomic E-state index is -0.661. The fourth-order valence-corrected chi connectivity index (χ4v) is 2.44. The van der Waals surface area contributed by atoms with Crippen molar-refractivity contribution in [3.8, 4) is 11.1 Å². The maximum atomic E-state index is 12.3. The lowest BCUT2D eigenvalue weighted by atomic mass is 10.0. The van der Waals surface area contributed by atoms with Gasteiger partial charge in [-0.2, -0.15) is 0 Å². The molecule has 0 spiro atoms. The van der Waals surface area contributed by atoms with Crippen LogP contribution >= 0.6 is 0 Å². The van der Waals surface area contributed by atoms with Crippen molar-refractivity contribution in [3.63, 3.8) is 0 Å². The monoisotopic (exact) mass is 322 g/mol. The molecule has 2 aromatic rings. The summed E-state index contributed by atoms with van der Waals surface area (Å²) in [5.74, 6) is -0.815. The molecule has 0 bridgehead atoms. The predicted molar refractivity (Wildman–Crippen MR) is 96.4 cm³/mol. The van der Waals surface area contributed by atoms with Crippen LogP contribution in [0.25, 0.3) is 11.1 Å². The molecule has 0 radical (unpaired) electrons. The third-order valence-corrected chi connectivity index (χ3v) is 3.80. The van der Waals surface area contributed by atoms with Gasteiger partial charge in [0.15, 0.2) is 0 Å². The average molecular weight is 322 g/mol. The molecule has 0 heterocycles. The van der Waals surface area contributed by atoms with E-state index in [4.69, 9.17) is 5.73 Å². The standard InChI is InChI=1S/C20H22N2O2/c1-2-3-5-10-18(19(21)23)22-20(24)17-13-11-16(12-14-17)15-8-6-4-7-9-15/h2,4,6-9,11-14,18H,1,3,5,10H2,(H2,21,23)(H,22,24)/t18-/m1/s1. The van der Waals surface area contributed by atoms with Gasteiger partial charge >= 0.3 is 0 Å². The van der Waals surface area contributed by atoms with Gasteiger partial charge in [-0.25, -0.2) is 0 Å². The SMILES string of the molecule is C=CCCC[C@@H](NC(=O)c1ccc(-c2ccccc2)cc1)C(N)=O. The van der Waals surface area contributed by atoms with Crippen LogP contribution in [0.2, 0.25) is 0 Å². The first-order valence-electron chi connectivity index (χ1n) is 7.98. The van der Waals surface area contributed by atoms with Crippen LogP contribution < -0.4 is 11.1 Å². The number of primary amides is 1. The van der Waals surface area contributed by atoms with Crippen LogP contribution in [-0.4, -0.2) is 17.9 Å². The third-order valence-electron chi connectivity index (χ3n) is 3.80. The van der Waals surface area contributed by atoms with Crippen LogP contribution in [0.1, 0.15) is 29.6 Å². The fourth-order valence-electron chi connectivity index (χ4n) is 2.44. The highest BCUT2D eigenvalue weighted by molar-refractivity contribution is 5.97. The number of benzene rings is 2. The molecule has 3 N–H and O–H groups in total. The zero-order valence-electron chi connectivity index (χ0n) is 13.6. The Morgan fingerprint density at radius 1 is 1.04 bits per heavy atom. The minimum absolute atomic E-state index is 0.294. The second kappa shape index (κ2) is 8.67. The fraction of sp³-hybridized carbons (Fsp3) is 0.200. The van der Waals surface area contributed by atoms with E-state index in [2.05, 4.69) is 11.9 Å². The Morgan fingerprint density at radius 3 is 2.25 bits per heavy atom. The van der Waals surface area contributed by atoms with Gasteiger partial charge in [0.2, 0.25) is 5.91 Å². The number of hydrogen-bond donors (Lipinski definition) is 2. The molecule has 0 saturated carbocycles. The van der Waals surface area contributed by atoms with Gasteiger partial charge in [-0.05, 0) is 42.5 Å². The number of nitrogens with one attached hydrogen (secondary N) is 1. The molecule has 4 heteroatoms. The maximum Gasteiger partial charge on any atom is 0.251 e. The first-order valence-corrected chi connectivity index (χ1v) is 7.98. The zero-order chi connectivity index (χ0) is 17.4. The number of hydrogen-bond acceptors (Lipinski definition) is 2. The number of carbonyl (C=O) groups is 2. The zero-order valence-corrected chi connectivity index (χ0v) is 13.6. The lowest BCUT2D eigenvalue weighted by molar-refractivity contribution is -0.120. The molecule has 0 aliphatic carbocycles. The molecule has 0 aliphatic heterocycles. The number of unbranched alkanes of at least 4 members (excludes halogenated alkanes) is 1. The molecule has 0 fully saturated rings. The van der Waals surface area contributed by atoms with E-state index in [1.807, 2.05) is 42.5 Å². The second-order valence-corrected chi connectivity index (χ2v) is 5.59. The molecule has 2 rings (SSSR count). The Kier molecular flexibility index (Phi) is 6.32. The highest BCUT2D eigenvalue weighted by Crippen LogP contribution is 2.19. The van der Waals surface area contributed by atoms with E-state index in [1.165, 1.54) is 0 Å². The molecule has 4 nitrogen and oxygen atoms in total. The van der Waals surface area contributed by atoms with Crippen molar-refractivity contribution in [2.24, 2.45) is 5.73 Å². The quantitative estimate of drug-likeness (QED) is 0.578. The summed E-state index contributed by atoms with van der Waals surface area (Å²) >= 11 is 0. The van der Waals surface area contributed by atoms with E-state index in [9.17, 15) is 9.59 Å². The van der Waals surface area contributed by atoms with Gasteiger partial charge in [-0.15, -0.1) is 6.58 Å². The molecule has 2 aromatic carbocycles. The molecule has 1 atom stereocenters. The van der Waals surface area contributed by atoms with Crippen molar-refractivity contribution in [1.29, 1.82) is 0 Å². The number of rotatable bonds is 8. The number of amides is 2. The first-order chi connectivity index (χ1) is 11.6. The van der Waals surface area contributed by atoms with Crippen LogP contribution in [-0.2, 0) is 4.79 Å². The van der Waals surface area contributed by atoms with Gasteiger partial charge < -0.3 is 11.1 Å². The Hall–Kier alpha value is -2.88. The summed E-state index contributed by atoms with van der Waals surface area (Å²) in [6.45, 7) is 3.64. The van der Waals surface area contributed by atoms with Crippen molar-refractivity contribution in [2.75, 3.05) is 0 Å². The van der Waals surface area contributed by atoms with Crippen LogP contribution in [0, 0.1) is 0 Å². The van der Waals surface area contributed by atoms with E-state index in [0.29, 0.717) is 12.0 Å². The topological polar surface area (TPSA) is 72.2 Å². The molecule has 124 valence electrons. The molecule has 0 aliphatic rings. The second-order valence-electron chi connectivity index (χ2n) is 5.59. The van der Waals surface area contributed by atoms with E-state index < -0.39 is 11.9 Å². The van der Waals surface area contributed by atoms with Gasteiger partial charge in [0, 0.05) is 5.56 Å². The summed E-state index contributed by atoms with van der Waals surface area (Å²) in [5.41, 5.74) is 7.99. The number of nitrogens with two attached hydrogens (primary N) is 1. The van der Waals surface area contributed by atoms with E-state index in [0.717, 1.165) is 24.0 Å². The smallest absolute Gasteiger partial charge is 0.251 e. The summed E-state index contributed by atoms with van der Waals surface area (Å²) in [4.78, 5) is 23.8. The van der Waals surface area contributed by atoms with E-state index in [1.54, 1.807) is 18.2 Å². The van der Waals surface area contributed by atoms with Crippen LogP contribution in [0.5, 0.6) is 0 Å². The van der Waals surface area contributed by atoms with E-state index in [-0.39, 0.29) is 5.91 Å². The Labute approximate surface area is 142 Å². The summed E-state index contributed by atoms with van der Waals surface area (Å²) in [6.07, 6.45) is 3.83. The van der Waals surface area contributed by atoms with Gasteiger partial charge in [-0.1, -0.05) is 48.5 Å². The third kappa shape index (κ3) is 4.81. The lowest BCUT2D eigenvalue weighted by Crippen LogP contribution is -2.44. The molecule has 24 heavy (non-hydrogen) atoms. The largest absolute Gasteiger partial charge is 0.368 e. The minimum Gasteiger partial charge on any atom is -0.368 e. The highest BCUT2D eigenvalue weighted by atomic mass is 16.2. The van der Waals surface area contributed by atoms with Crippen LogP contribution in [0.3, 0.4) is 0 Å². The maximum absolute atomic E-state index is 12.3. The van der Waals surface area contributed by atoms with Crippen LogP contribution in [0.15, 0.2) is 67.3 Å². The lowest BCUT2D eigenvalue weighted by Gasteiger charge is -2.15. The first kappa shape index (κ1) is 17.5. The highest BCUT2D eigenvalue weighted by Gasteiger charge is 2.18. The van der Waals surface area contributed by atoms with Gasteiger partial charge in [0.1, 0.15) is 6.04 Å². The number of carbonyl (C=O) groups excluding carboxylic acids is 2. The average Bonchev–Trinajstić information content (AvgIpc) is 2.61. The molecule has 0 aromatic heterocycles.